The molecular weight excluding hydrogens is 201 g/mol. The van der Waals surface area contributed by atoms with Crippen LogP contribution in [0.4, 0.5) is 0 Å². The molecule has 0 unspecified atom stereocenters. The summed E-state index contributed by atoms with van der Waals surface area (Å²) < 4.78 is 4.92. The minimum absolute atomic E-state index is 0.378. The molecule has 0 atom stereocenters. The van der Waals surface area contributed by atoms with Crippen molar-refractivity contribution >= 4 is 7.85 Å². The topological polar surface area (TPSA) is 38.2 Å². The third kappa shape index (κ3) is 2.95. The molecule has 2 rings (SSSR count). The molecule has 2 radical (unpaired) electrons. The van der Waals surface area contributed by atoms with Crippen LogP contribution in [0.2, 0.25) is 5.82 Å². The molecular formula is C11H16BN3O. The maximum atomic E-state index is 5.86. The second-order valence-corrected chi connectivity index (χ2v) is 4.19. The number of rotatable bonds is 3. The molecule has 1 fully saturated rings. The fraction of sp³-hybridized carbons (Fsp3) is 0.636. The molecule has 5 heteroatoms. The van der Waals surface area contributed by atoms with E-state index in [0.29, 0.717) is 11.8 Å². The number of methoxy groups -OCH3 is 1. The van der Waals surface area contributed by atoms with Crippen LogP contribution < -0.4 is 4.74 Å². The Bertz CT molecular complexity index is 323. The smallest absolute Gasteiger partial charge is 0.316 e. The second kappa shape index (κ2) is 5.30. The van der Waals surface area contributed by atoms with Gasteiger partial charge in [-0.25, -0.2) is 9.97 Å². The number of piperidine rings is 1. The van der Waals surface area contributed by atoms with Crippen LogP contribution in [0, 0.1) is 0 Å². The van der Waals surface area contributed by atoms with E-state index in [4.69, 9.17) is 12.6 Å². The Hall–Kier alpha value is -1.10. The van der Waals surface area contributed by atoms with Gasteiger partial charge in [0.1, 0.15) is 0 Å². The Kier molecular flexibility index (Phi) is 3.77. The van der Waals surface area contributed by atoms with E-state index < -0.39 is 0 Å². The van der Waals surface area contributed by atoms with E-state index in [9.17, 15) is 0 Å². The van der Waals surface area contributed by atoms with E-state index in [1.807, 2.05) is 12.4 Å². The summed E-state index contributed by atoms with van der Waals surface area (Å²) in [5, 5.41) is 0. The molecule has 0 N–H and O–H groups in total. The lowest BCUT2D eigenvalue weighted by Crippen LogP contribution is -2.31. The van der Waals surface area contributed by atoms with Gasteiger partial charge in [0.2, 0.25) is 0 Å². The number of ether oxygens (including phenoxy) is 1. The lowest BCUT2D eigenvalue weighted by molar-refractivity contribution is 0.220. The highest BCUT2D eigenvalue weighted by molar-refractivity contribution is 6.11. The molecule has 0 amide bonds. The van der Waals surface area contributed by atoms with Gasteiger partial charge in [0, 0.05) is 24.5 Å². The van der Waals surface area contributed by atoms with E-state index in [2.05, 4.69) is 14.9 Å². The monoisotopic (exact) mass is 217 g/mol. The molecule has 0 saturated carbocycles. The first kappa shape index (κ1) is 11.4. The van der Waals surface area contributed by atoms with Crippen LogP contribution in [0.3, 0.4) is 0 Å². The van der Waals surface area contributed by atoms with Gasteiger partial charge in [0.05, 0.1) is 15.0 Å². The standard InChI is InChI=1S/C11H16BN3O/c1-16-11-13-6-9(7-14-11)8-15-4-2-10(12)3-5-15/h6-7,10H,2-5,8H2,1H3. The molecule has 4 nitrogen and oxygen atoms in total. The van der Waals surface area contributed by atoms with Crippen molar-refractivity contribution in [3.8, 4) is 6.01 Å². The molecule has 84 valence electrons. The van der Waals surface area contributed by atoms with Crippen molar-refractivity contribution in [3.63, 3.8) is 0 Å². The van der Waals surface area contributed by atoms with E-state index in [0.717, 1.165) is 38.0 Å². The number of hydrogen-bond acceptors (Lipinski definition) is 4. The first-order valence-corrected chi connectivity index (χ1v) is 5.61. The lowest BCUT2D eigenvalue weighted by Gasteiger charge is -2.30. The molecule has 1 saturated heterocycles. The Morgan fingerprint density at radius 2 is 2.00 bits per heavy atom. The van der Waals surface area contributed by atoms with Gasteiger partial charge >= 0.3 is 6.01 Å². The molecule has 0 spiro atoms. The number of likely N-dealkylation sites (tertiary alicyclic amines) is 1. The molecule has 0 aromatic carbocycles. The van der Waals surface area contributed by atoms with Gasteiger partial charge < -0.3 is 4.74 Å². The quantitative estimate of drug-likeness (QED) is 0.709. The van der Waals surface area contributed by atoms with Crippen molar-refractivity contribution in [2.24, 2.45) is 0 Å². The van der Waals surface area contributed by atoms with Crippen LogP contribution in [0.15, 0.2) is 12.4 Å². The first-order chi connectivity index (χ1) is 7.78. The summed E-state index contributed by atoms with van der Waals surface area (Å²) in [7, 11) is 7.43. The van der Waals surface area contributed by atoms with Gasteiger partial charge in [-0.2, -0.15) is 0 Å². The normalized spacial score (nSPS) is 18.6. The Morgan fingerprint density at radius 1 is 1.38 bits per heavy atom. The summed E-state index contributed by atoms with van der Waals surface area (Å²) >= 11 is 0. The molecule has 0 bridgehead atoms. The lowest BCUT2D eigenvalue weighted by atomic mass is 9.79. The summed E-state index contributed by atoms with van der Waals surface area (Å²) in [5.41, 5.74) is 1.12. The predicted octanol–water partition coefficient (Wildman–Crippen LogP) is 1.04. The third-order valence-corrected chi connectivity index (χ3v) is 2.90. The Balaban J connectivity index is 1.88. The van der Waals surface area contributed by atoms with E-state index in [-0.39, 0.29) is 0 Å². The van der Waals surface area contributed by atoms with Crippen molar-refractivity contribution in [3.05, 3.63) is 18.0 Å². The van der Waals surface area contributed by atoms with Gasteiger partial charge in [0.15, 0.2) is 0 Å². The SMILES string of the molecule is [B]C1CCN(Cc2cnc(OC)nc2)CC1. The van der Waals surface area contributed by atoms with Gasteiger partial charge in [-0.3, -0.25) is 4.90 Å². The molecule has 1 aromatic rings. The minimum atomic E-state index is 0.378. The van der Waals surface area contributed by atoms with Crippen LogP contribution in [0.1, 0.15) is 18.4 Å². The molecule has 16 heavy (non-hydrogen) atoms. The largest absolute Gasteiger partial charge is 0.467 e. The zero-order valence-corrected chi connectivity index (χ0v) is 9.59. The maximum Gasteiger partial charge on any atom is 0.316 e. The maximum absolute atomic E-state index is 5.86. The van der Waals surface area contributed by atoms with E-state index >= 15 is 0 Å². The molecule has 0 aliphatic carbocycles. The number of aromatic nitrogens is 2. The molecule has 1 aliphatic heterocycles. The first-order valence-electron chi connectivity index (χ1n) is 5.61. The van der Waals surface area contributed by atoms with Crippen molar-refractivity contribution in [1.29, 1.82) is 0 Å². The minimum Gasteiger partial charge on any atom is -0.467 e. The predicted molar refractivity (Wildman–Crippen MR) is 62.6 cm³/mol. The van der Waals surface area contributed by atoms with Crippen molar-refractivity contribution in [2.45, 2.75) is 25.2 Å². The highest BCUT2D eigenvalue weighted by atomic mass is 16.5. The average molecular weight is 217 g/mol. The molecule has 1 aromatic heterocycles. The van der Waals surface area contributed by atoms with Gasteiger partial charge in [-0.15, -0.1) is 0 Å². The van der Waals surface area contributed by atoms with Crippen molar-refractivity contribution < 1.29 is 4.74 Å². The second-order valence-electron chi connectivity index (χ2n) is 4.19. The summed E-state index contributed by atoms with van der Waals surface area (Å²) in [6, 6.07) is 0.421. The van der Waals surface area contributed by atoms with Crippen LogP contribution in [0.5, 0.6) is 6.01 Å². The van der Waals surface area contributed by atoms with E-state index in [1.54, 1.807) is 7.11 Å². The van der Waals surface area contributed by atoms with Crippen LogP contribution in [-0.4, -0.2) is 42.9 Å². The summed E-state index contributed by atoms with van der Waals surface area (Å²) in [6.45, 7) is 3.02. The van der Waals surface area contributed by atoms with Crippen molar-refractivity contribution in [1.82, 2.24) is 14.9 Å². The van der Waals surface area contributed by atoms with Gasteiger partial charge in [0.25, 0.3) is 0 Å². The van der Waals surface area contributed by atoms with E-state index in [1.165, 1.54) is 0 Å². The van der Waals surface area contributed by atoms with Gasteiger partial charge in [-0.05, 0) is 25.9 Å². The van der Waals surface area contributed by atoms with Crippen LogP contribution >= 0.6 is 0 Å². The molecule has 2 heterocycles. The zero-order chi connectivity index (χ0) is 11.4. The third-order valence-electron chi connectivity index (χ3n) is 2.90. The van der Waals surface area contributed by atoms with Crippen molar-refractivity contribution in [2.75, 3.05) is 20.2 Å². The fourth-order valence-corrected chi connectivity index (χ4v) is 1.90. The Labute approximate surface area is 97.4 Å². The Morgan fingerprint density at radius 3 is 2.56 bits per heavy atom. The summed E-state index contributed by atoms with van der Waals surface area (Å²) in [6.07, 6.45) is 5.80. The highest BCUT2D eigenvalue weighted by Gasteiger charge is 2.15. The number of hydrogen-bond donors (Lipinski definition) is 0. The van der Waals surface area contributed by atoms with Crippen LogP contribution in [0.25, 0.3) is 0 Å². The summed E-state index contributed by atoms with van der Waals surface area (Å²) in [5.74, 6) is 0.378. The zero-order valence-electron chi connectivity index (χ0n) is 9.59. The number of nitrogens with zero attached hydrogens (tertiary/aromatic N) is 3. The average Bonchev–Trinajstić information content (AvgIpc) is 2.33. The fourth-order valence-electron chi connectivity index (χ4n) is 1.90. The van der Waals surface area contributed by atoms with Gasteiger partial charge in [-0.1, -0.05) is 5.82 Å². The molecule has 1 aliphatic rings. The highest BCUT2D eigenvalue weighted by Crippen LogP contribution is 2.20. The van der Waals surface area contributed by atoms with Crippen LogP contribution in [-0.2, 0) is 6.54 Å². The summed E-state index contributed by atoms with van der Waals surface area (Å²) in [4.78, 5) is 10.6.